The fourth-order valence-electron chi connectivity index (χ4n) is 3.26. The number of rotatable bonds is 11. The van der Waals surface area contributed by atoms with Gasteiger partial charge < -0.3 is 19.9 Å². The number of thiophene rings is 1. The van der Waals surface area contributed by atoms with Crippen molar-refractivity contribution < 1.29 is 24.2 Å². The normalized spacial score (nSPS) is 11.6. The van der Waals surface area contributed by atoms with Gasteiger partial charge in [-0.15, -0.1) is 11.3 Å². The minimum atomic E-state index is -0.506. The van der Waals surface area contributed by atoms with E-state index in [1.807, 2.05) is 73.7 Å². The Kier molecular flexibility index (Phi) is 9.47. The second kappa shape index (κ2) is 12.8. The average molecular weight is 468 g/mol. The van der Waals surface area contributed by atoms with Gasteiger partial charge in [-0.2, -0.15) is 0 Å². The molecule has 0 saturated heterocycles. The first-order valence-electron chi connectivity index (χ1n) is 10.9. The lowest BCUT2D eigenvalue weighted by Gasteiger charge is -2.15. The third-order valence-corrected chi connectivity index (χ3v) is 6.50. The smallest absolute Gasteiger partial charge is 0.407 e. The molecule has 0 fully saturated rings. The van der Waals surface area contributed by atoms with Crippen molar-refractivity contribution in [1.82, 2.24) is 5.32 Å². The maximum atomic E-state index is 12.4. The molecule has 6 nitrogen and oxygen atoms in total. The number of hydrogen-bond acceptors (Lipinski definition) is 6. The predicted molar refractivity (Wildman–Crippen MR) is 128 cm³/mol. The van der Waals surface area contributed by atoms with E-state index >= 15 is 0 Å². The molecule has 1 amide bonds. The Morgan fingerprint density at radius 1 is 0.970 bits per heavy atom. The van der Waals surface area contributed by atoms with Gasteiger partial charge in [0.2, 0.25) is 0 Å². The fraction of sp³-hybridized carbons (Fsp3) is 0.308. The zero-order valence-electron chi connectivity index (χ0n) is 18.7. The summed E-state index contributed by atoms with van der Waals surface area (Å²) in [4.78, 5) is 26.0. The number of esters is 1. The van der Waals surface area contributed by atoms with Crippen LogP contribution in [0.3, 0.4) is 0 Å². The molecule has 0 aliphatic heterocycles. The standard InChI is InChI=1S/C26H29NO5S/c1-19-14-24(25(29)31-17-20-8-4-2-5-9-20)33-23(19)13-12-22(16-28)15-27-26(30)32-18-21-10-6-3-7-11-21/h2-11,14,22,28H,12-13,15-18H2,1H3,(H,27,30)/t22-/m1/s1. The third kappa shape index (κ3) is 8.04. The third-order valence-electron chi connectivity index (χ3n) is 5.22. The summed E-state index contributed by atoms with van der Waals surface area (Å²) in [7, 11) is 0. The predicted octanol–water partition coefficient (Wildman–Crippen LogP) is 4.88. The van der Waals surface area contributed by atoms with Crippen LogP contribution in [0.2, 0.25) is 0 Å². The topological polar surface area (TPSA) is 84.9 Å². The molecule has 1 aromatic heterocycles. The number of carbonyl (C=O) groups excluding carboxylic acids is 2. The van der Waals surface area contributed by atoms with Crippen molar-refractivity contribution in [1.29, 1.82) is 0 Å². The second-order valence-electron chi connectivity index (χ2n) is 7.81. The number of aryl methyl sites for hydroxylation is 2. The van der Waals surface area contributed by atoms with E-state index < -0.39 is 6.09 Å². The minimum absolute atomic E-state index is 0.0463. The number of carbonyl (C=O) groups is 2. The molecular formula is C26H29NO5S. The van der Waals surface area contributed by atoms with Crippen molar-refractivity contribution in [3.63, 3.8) is 0 Å². The first-order chi connectivity index (χ1) is 16.0. The lowest BCUT2D eigenvalue weighted by molar-refractivity contribution is 0.0478. The van der Waals surface area contributed by atoms with Crippen molar-refractivity contribution in [3.8, 4) is 0 Å². The summed E-state index contributed by atoms with van der Waals surface area (Å²) < 4.78 is 10.6. The monoisotopic (exact) mass is 467 g/mol. The summed E-state index contributed by atoms with van der Waals surface area (Å²) in [6.45, 7) is 2.68. The van der Waals surface area contributed by atoms with Crippen LogP contribution in [0.25, 0.3) is 0 Å². The van der Waals surface area contributed by atoms with Gasteiger partial charge in [0.15, 0.2) is 0 Å². The number of ether oxygens (including phenoxy) is 2. The van der Waals surface area contributed by atoms with Crippen LogP contribution >= 0.6 is 11.3 Å². The molecule has 2 aromatic carbocycles. The highest BCUT2D eigenvalue weighted by atomic mass is 32.1. The van der Waals surface area contributed by atoms with Crippen LogP contribution in [-0.2, 0) is 29.1 Å². The van der Waals surface area contributed by atoms with E-state index in [2.05, 4.69) is 5.32 Å². The van der Waals surface area contributed by atoms with Crippen molar-refractivity contribution in [2.75, 3.05) is 13.2 Å². The Balaban J connectivity index is 1.42. The highest BCUT2D eigenvalue weighted by Crippen LogP contribution is 2.25. The fourth-order valence-corrected chi connectivity index (χ4v) is 4.34. The van der Waals surface area contributed by atoms with Crippen molar-refractivity contribution in [2.45, 2.75) is 33.0 Å². The van der Waals surface area contributed by atoms with Crippen LogP contribution in [0.5, 0.6) is 0 Å². The van der Waals surface area contributed by atoms with E-state index in [0.29, 0.717) is 24.3 Å². The highest BCUT2D eigenvalue weighted by Gasteiger charge is 2.16. The van der Waals surface area contributed by atoms with Crippen LogP contribution in [0.1, 0.15) is 37.7 Å². The molecule has 0 aliphatic rings. The summed E-state index contributed by atoms with van der Waals surface area (Å²) >= 11 is 1.42. The molecule has 1 heterocycles. The van der Waals surface area contributed by atoms with Gasteiger partial charge in [0.1, 0.15) is 18.1 Å². The zero-order valence-corrected chi connectivity index (χ0v) is 19.5. The largest absolute Gasteiger partial charge is 0.457 e. The molecule has 33 heavy (non-hydrogen) atoms. The van der Waals surface area contributed by atoms with Crippen LogP contribution in [0, 0.1) is 12.8 Å². The summed E-state index contributed by atoms with van der Waals surface area (Å²) in [5.74, 6) is -0.441. The first-order valence-corrected chi connectivity index (χ1v) is 11.7. The average Bonchev–Trinajstić information content (AvgIpc) is 3.23. The summed E-state index contributed by atoms with van der Waals surface area (Å²) in [6, 6.07) is 20.9. The van der Waals surface area contributed by atoms with E-state index in [1.54, 1.807) is 0 Å². The molecule has 2 N–H and O–H groups in total. The van der Waals surface area contributed by atoms with Crippen molar-refractivity contribution >= 4 is 23.4 Å². The van der Waals surface area contributed by atoms with E-state index in [4.69, 9.17) is 9.47 Å². The maximum absolute atomic E-state index is 12.4. The van der Waals surface area contributed by atoms with Crippen LogP contribution in [-0.4, -0.2) is 30.3 Å². The summed E-state index contributed by atoms with van der Waals surface area (Å²) in [5, 5.41) is 12.4. The van der Waals surface area contributed by atoms with Crippen LogP contribution < -0.4 is 5.32 Å². The maximum Gasteiger partial charge on any atom is 0.407 e. The molecule has 3 aromatic rings. The molecule has 3 rings (SSSR count). The number of alkyl carbamates (subject to hydrolysis) is 1. The summed E-state index contributed by atoms with van der Waals surface area (Å²) in [5.41, 5.74) is 2.89. The van der Waals surface area contributed by atoms with Gasteiger partial charge in [0.05, 0.1) is 0 Å². The van der Waals surface area contributed by atoms with E-state index in [-0.39, 0.29) is 31.7 Å². The van der Waals surface area contributed by atoms with Crippen molar-refractivity contribution in [3.05, 3.63) is 93.2 Å². The van der Waals surface area contributed by atoms with Gasteiger partial charge in [-0.25, -0.2) is 9.59 Å². The van der Waals surface area contributed by atoms with Crippen molar-refractivity contribution in [2.24, 2.45) is 5.92 Å². The van der Waals surface area contributed by atoms with E-state index in [1.165, 1.54) is 11.3 Å². The number of aliphatic hydroxyl groups excluding tert-OH is 1. The van der Waals surface area contributed by atoms with Gasteiger partial charge >= 0.3 is 12.1 Å². The number of benzene rings is 2. The quantitative estimate of drug-likeness (QED) is 0.393. The highest BCUT2D eigenvalue weighted by molar-refractivity contribution is 7.14. The molecule has 0 saturated carbocycles. The Morgan fingerprint density at radius 2 is 1.58 bits per heavy atom. The lowest BCUT2D eigenvalue weighted by atomic mass is 10.0. The van der Waals surface area contributed by atoms with Crippen LogP contribution in [0.4, 0.5) is 4.79 Å². The van der Waals surface area contributed by atoms with Crippen LogP contribution in [0.15, 0.2) is 66.7 Å². The van der Waals surface area contributed by atoms with Gasteiger partial charge in [-0.05, 0) is 48.4 Å². The lowest BCUT2D eigenvalue weighted by Crippen LogP contribution is -2.31. The molecule has 174 valence electrons. The molecule has 0 unspecified atom stereocenters. The van der Waals surface area contributed by atoms with E-state index in [9.17, 15) is 14.7 Å². The number of nitrogens with one attached hydrogen (secondary N) is 1. The zero-order chi connectivity index (χ0) is 23.5. The molecule has 7 heteroatoms. The Labute approximate surface area is 198 Å². The molecule has 0 bridgehead atoms. The Morgan fingerprint density at radius 3 is 2.18 bits per heavy atom. The van der Waals surface area contributed by atoms with E-state index in [0.717, 1.165) is 21.6 Å². The van der Waals surface area contributed by atoms with Gasteiger partial charge in [0.25, 0.3) is 0 Å². The molecule has 0 radical (unpaired) electrons. The molecule has 0 aliphatic carbocycles. The molecule has 0 spiro atoms. The minimum Gasteiger partial charge on any atom is -0.457 e. The Bertz CT molecular complexity index is 1020. The number of amides is 1. The second-order valence-corrected chi connectivity index (χ2v) is 8.95. The van der Waals surface area contributed by atoms with Gasteiger partial charge in [-0.3, -0.25) is 0 Å². The van der Waals surface area contributed by atoms with Gasteiger partial charge in [0, 0.05) is 18.0 Å². The summed E-state index contributed by atoms with van der Waals surface area (Å²) in [6.07, 6.45) is 0.872. The number of hydrogen-bond donors (Lipinski definition) is 2. The Hall–Kier alpha value is -3.16. The SMILES string of the molecule is Cc1cc(C(=O)OCc2ccccc2)sc1CC[C@@H](CO)CNC(=O)OCc1ccccc1. The number of aliphatic hydroxyl groups is 1. The first kappa shape index (κ1) is 24.5. The van der Waals surface area contributed by atoms with Gasteiger partial charge in [-0.1, -0.05) is 60.7 Å². The molecule has 1 atom stereocenters. The molecular weight excluding hydrogens is 438 g/mol.